The van der Waals surface area contributed by atoms with Gasteiger partial charge in [0, 0.05) is 12.6 Å². The topological polar surface area (TPSA) is 65.5 Å². The third kappa shape index (κ3) is 5.81. The number of hydrogen-bond acceptors (Lipinski definition) is 4. The number of carbonyl (C=O) groups is 1. The summed E-state index contributed by atoms with van der Waals surface area (Å²) in [6.07, 6.45) is 1.06. The number of pyridine rings is 1. The third-order valence-corrected chi connectivity index (χ3v) is 3.08. The van der Waals surface area contributed by atoms with Crippen molar-refractivity contribution in [3.05, 3.63) is 29.6 Å². The highest BCUT2D eigenvalue weighted by Crippen LogP contribution is 1.99. The zero-order valence-electron chi connectivity index (χ0n) is 11.9. The quantitative estimate of drug-likeness (QED) is 0.699. The lowest BCUT2D eigenvalue weighted by molar-refractivity contribution is 0.0690. The normalized spacial score (nSPS) is 11.2. The Morgan fingerprint density at radius 1 is 1.47 bits per heavy atom. The van der Waals surface area contributed by atoms with Crippen LogP contribution in [0.4, 0.5) is 0 Å². The first-order valence-corrected chi connectivity index (χ1v) is 6.61. The molecule has 19 heavy (non-hydrogen) atoms. The van der Waals surface area contributed by atoms with Gasteiger partial charge in [-0.25, -0.2) is 9.78 Å². The maximum absolute atomic E-state index is 10.8. The Bertz CT molecular complexity index is 407. The molecule has 0 aliphatic rings. The molecule has 0 aromatic carbocycles. The number of aromatic carboxylic acids is 1. The van der Waals surface area contributed by atoms with Crippen LogP contribution in [-0.2, 0) is 6.54 Å². The molecule has 0 spiro atoms. The molecule has 0 fully saturated rings. The van der Waals surface area contributed by atoms with Crippen LogP contribution in [-0.4, -0.2) is 47.1 Å². The molecule has 1 aromatic rings. The first-order valence-electron chi connectivity index (χ1n) is 6.61. The molecule has 5 heteroatoms. The second-order valence-electron chi connectivity index (χ2n) is 4.92. The van der Waals surface area contributed by atoms with Gasteiger partial charge in [0.1, 0.15) is 5.69 Å². The van der Waals surface area contributed by atoms with Gasteiger partial charge in [0.2, 0.25) is 0 Å². The van der Waals surface area contributed by atoms with Gasteiger partial charge < -0.3 is 15.3 Å². The first-order chi connectivity index (χ1) is 9.00. The predicted octanol–water partition coefficient (Wildman–Crippen LogP) is 1.60. The molecule has 0 saturated heterocycles. The summed E-state index contributed by atoms with van der Waals surface area (Å²) in [6.45, 7) is 6.90. The fourth-order valence-corrected chi connectivity index (χ4v) is 1.63. The summed E-state index contributed by atoms with van der Waals surface area (Å²) in [6, 6.07) is 5.62. The number of carboxylic acids is 1. The third-order valence-electron chi connectivity index (χ3n) is 3.08. The van der Waals surface area contributed by atoms with E-state index < -0.39 is 5.97 Å². The summed E-state index contributed by atoms with van der Waals surface area (Å²) in [7, 11) is 2.11. The Balaban J connectivity index is 2.26. The SMILES string of the molecule is CC(C)N(C)CCCNCc1cccc(C(=O)O)n1. The summed E-state index contributed by atoms with van der Waals surface area (Å²) in [4.78, 5) is 17.1. The Morgan fingerprint density at radius 2 is 2.21 bits per heavy atom. The van der Waals surface area contributed by atoms with Crippen LogP contribution in [0.3, 0.4) is 0 Å². The van der Waals surface area contributed by atoms with E-state index in [1.807, 2.05) is 6.07 Å². The zero-order valence-corrected chi connectivity index (χ0v) is 11.9. The van der Waals surface area contributed by atoms with Crippen molar-refractivity contribution < 1.29 is 9.90 Å². The number of nitrogens with zero attached hydrogens (tertiary/aromatic N) is 2. The molecule has 2 N–H and O–H groups in total. The highest BCUT2D eigenvalue weighted by atomic mass is 16.4. The van der Waals surface area contributed by atoms with Crippen molar-refractivity contribution in [2.75, 3.05) is 20.1 Å². The maximum atomic E-state index is 10.8. The van der Waals surface area contributed by atoms with Crippen LogP contribution in [0.15, 0.2) is 18.2 Å². The lowest BCUT2D eigenvalue weighted by Gasteiger charge is -2.20. The monoisotopic (exact) mass is 265 g/mol. The Morgan fingerprint density at radius 3 is 2.84 bits per heavy atom. The predicted molar refractivity (Wildman–Crippen MR) is 75.3 cm³/mol. The van der Waals surface area contributed by atoms with Crippen LogP contribution in [0.25, 0.3) is 0 Å². The van der Waals surface area contributed by atoms with Gasteiger partial charge in [-0.1, -0.05) is 6.07 Å². The van der Waals surface area contributed by atoms with Crippen LogP contribution < -0.4 is 5.32 Å². The fourth-order valence-electron chi connectivity index (χ4n) is 1.63. The number of hydrogen-bond donors (Lipinski definition) is 2. The largest absolute Gasteiger partial charge is 0.477 e. The average Bonchev–Trinajstić information content (AvgIpc) is 2.38. The van der Waals surface area contributed by atoms with Crippen molar-refractivity contribution in [1.82, 2.24) is 15.2 Å². The Kier molecular flexibility index (Phi) is 6.45. The molecule has 5 nitrogen and oxygen atoms in total. The average molecular weight is 265 g/mol. The molecular formula is C14H23N3O2. The standard InChI is InChI=1S/C14H23N3O2/c1-11(2)17(3)9-5-8-15-10-12-6-4-7-13(16-12)14(18)19/h4,6-7,11,15H,5,8-10H2,1-3H3,(H,18,19). The highest BCUT2D eigenvalue weighted by molar-refractivity contribution is 5.85. The van der Waals surface area contributed by atoms with E-state index in [4.69, 9.17) is 5.11 Å². The van der Waals surface area contributed by atoms with Crippen molar-refractivity contribution in [2.24, 2.45) is 0 Å². The fraction of sp³-hybridized carbons (Fsp3) is 0.571. The smallest absolute Gasteiger partial charge is 0.354 e. The molecule has 0 aliphatic carbocycles. The lowest BCUT2D eigenvalue weighted by atomic mass is 10.3. The van der Waals surface area contributed by atoms with Crippen LogP contribution in [0, 0.1) is 0 Å². The lowest BCUT2D eigenvalue weighted by Crippen LogP contribution is -2.29. The van der Waals surface area contributed by atoms with Crippen molar-refractivity contribution in [3.8, 4) is 0 Å². The van der Waals surface area contributed by atoms with Crippen LogP contribution >= 0.6 is 0 Å². The Hall–Kier alpha value is -1.46. The minimum Gasteiger partial charge on any atom is -0.477 e. The van der Waals surface area contributed by atoms with Crippen LogP contribution in [0.1, 0.15) is 36.5 Å². The van der Waals surface area contributed by atoms with E-state index in [2.05, 4.69) is 36.1 Å². The molecule has 0 amide bonds. The van der Waals surface area contributed by atoms with Crippen molar-refractivity contribution >= 4 is 5.97 Å². The molecular weight excluding hydrogens is 242 g/mol. The summed E-state index contributed by atoms with van der Waals surface area (Å²) < 4.78 is 0. The molecule has 0 aliphatic heterocycles. The Labute approximate surface area is 114 Å². The van der Waals surface area contributed by atoms with Gasteiger partial charge in [-0.2, -0.15) is 0 Å². The number of carboxylic acid groups (broad SMARTS) is 1. The molecule has 0 radical (unpaired) electrons. The molecule has 0 atom stereocenters. The maximum Gasteiger partial charge on any atom is 0.354 e. The summed E-state index contributed by atoms with van der Waals surface area (Å²) in [5, 5.41) is 12.1. The van der Waals surface area contributed by atoms with E-state index in [1.165, 1.54) is 6.07 Å². The molecule has 0 unspecified atom stereocenters. The van der Waals surface area contributed by atoms with E-state index in [0.29, 0.717) is 12.6 Å². The summed E-state index contributed by atoms with van der Waals surface area (Å²) in [5.41, 5.74) is 0.857. The van der Waals surface area contributed by atoms with E-state index in [1.54, 1.807) is 6.07 Å². The number of nitrogens with one attached hydrogen (secondary N) is 1. The highest BCUT2D eigenvalue weighted by Gasteiger charge is 2.05. The van der Waals surface area contributed by atoms with Crippen LogP contribution in [0.5, 0.6) is 0 Å². The molecule has 1 heterocycles. The van der Waals surface area contributed by atoms with E-state index in [-0.39, 0.29) is 5.69 Å². The van der Waals surface area contributed by atoms with Crippen molar-refractivity contribution in [3.63, 3.8) is 0 Å². The minimum absolute atomic E-state index is 0.0961. The molecule has 106 valence electrons. The molecule has 0 bridgehead atoms. The second-order valence-corrected chi connectivity index (χ2v) is 4.92. The van der Waals surface area contributed by atoms with Gasteiger partial charge >= 0.3 is 5.97 Å². The minimum atomic E-state index is -0.986. The van der Waals surface area contributed by atoms with Gasteiger partial charge in [0.15, 0.2) is 0 Å². The van der Waals surface area contributed by atoms with Gasteiger partial charge in [-0.3, -0.25) is 0 Å². The van der Waals surface area contributed by atoms with Gasteiger partial charge in [-0.05, 0) is 52.5 Å². The van der Waals surface area contributed by atoms with Gasteiger partial charge in [-0.15, -0.1) is 0 Å². The molecule has 0 saturated carbocycles. The van der Waals surface area contributed by atoms with Crippen LogP contribution in [0.2, 0.25) is 0 Å². The van der Waals surface area contributed by atoms with Gasteiger partial charge in [0.05, 0.1) is 5.69 Å². The van der Waals surface area contributed by atoms with E-state index in [9.17, 15) is 4.79 Å². The summed E-state index contributed by atoms with van der Waals surface area (Å²) in [5.74, 6) is -0.986. The summed E-state index contributed by atoms with van der Waals surface area (Å²) >= 11 is 0. The second kappa shape index (κ2) is 7.86. The first kappa shape index (κ1) is 15.6. The van der Waals surface area contributed by atoms with E-state index in [0.717, 1.165) is 25.2 Å². The van der Waals surface area contributed by atoms with Crippen molar-refractivity contribution in [1.29, 1.82) is 0 Å². The number of aromatic nitrogens is 1. The van der Waals surface area contributed by atoms with Gasteiger partial charge in [0.25, 0.3) is 0 Å². The molecule has 1 rings (SSSR count). The van der Waals surface area contributed by atoms with E-state index >= 15 is 0 Å². The molecule has 1 aromatic heterocycles. The zero-order chi connectivity index (χ0) is 14.3. The number of rotatable bonds is 8. The van der Waals surface area contributed by atoms with Crippen molar-refractivity contribution in [2.45, 2.75) is 32.9 Å².